The number of carbonyl (C=O) groups is 2. The van der Waals surface area contributed by atoms with E-state index in [1.807, 2.05) is 13.0 Å². The molecule has 3 atom stereocenters. The molecule has 0 aromatic rings. The van der Waals surface area contributed by atoms with Gasteiger partial charge in [0.2, 0.25) is 0 Å². The molecule has 1 aliphatic rings. The summed E-state index contributed by atoms with van der Waals surface area (Å²) in [6.45, 7) is 5.29. The SMILES string of the molecule is CCOC(=O)C1C(OC)C=C(C)CC1OC(C)=O. The van der Waals surface area contributed by atoms with Crippen molar-refractivity contribution in [1.29, 1.82) is 0 Å². The minimum atomic E-state index is -0.595. The van der Waals surface area contributed by atoms with Gasteiger partial charge in [-0.05, 0) is 13.8 Å². The van der Waals surface area contributed by atoms with E-state index in [0.717, 1.165) is 5.57 Å². The maximum absolute atomic E-state index is 11.9. The molecule has 0 saturated heterocycles. The van der Waals surface area contributed by atoms with E-state index in [9.17, 15) is 9.59 Å². The van der Waals surface area contributed by atoms with Gasteiger partial charge in [0.15, 0.2) is 0 Å². The summed E-state index contributed by atoms with van der Waals surface area (Å²) >= 11 is 0. The third kappa shape index (κ3) is 3.57. The second-order valence-corrected chi connectivity index (χ2v) is 4.34. The molecule has 0 fully saturated rings. The zero-order valence-electron chi connectivity index (χ0n) is 11.3. The van der Waals surface area contributed by atoms with Crippen LogP contribution in [0.3, 0.4) is 0 Å². The van der Waals surface area contributed by atoms with Gasteiger partial charge in [0.1, 0.15) is 12.0 Å². The van der Waals surface area contributed by atoms with Crippen LogP contribution in [-0.2, 0) is 23.8 Å². The fourth-order valence-corrected chi connectivity index (χ4v) is 2.18. The molecule has 0 aromatic heterocycles. The number of rotatable bonds is 4. The van der Waals surface area contributed by atoms with Crippen molar-refractivity contribution in [3.05, 3.63) is 11.6 Å². The van der Waals surface area contributed by atoms with Crippen molar-refractivity contribution in [1.82, 2.24) is 0 Å². The predicted molar refractivity (Wildman–Crippen MR) is 64.8 cm³/mol. The van der Waals surface area contributed by atoms with Gasteiger partial charge >= 0.3 is 11.9 Å². The lowest BCUT2D eigenvalue weighted by atomic mass is 9.85. The number of esters is 2. The summed E-state index contributed by atoms with van der Waals surface area (Å²) in [4.78, 5) is 23.0. The van der Waals surface area contributed by atoms with E-state index >= 15 is 0 Å². The zero-order valence-corrected chi connectivity index (χ0v) is 11.3. The van der Waals surface area contributed by atoms with Gasteiger partial charge in [-0.15, -0.1) is 0 Å². The van der Waals surface area contributed by atoms with Crippen LogP contribution < -0.4 is 0 Å². The molecular formula is C13H20O5. The Hall–Kier alpha value is -1.36. The van der Waals surface area contributed by atoms with Gasteiger partial charge in [-0.25, -0.2) is 0 Å². The quantitative estimate of drug-likeness (QED) is 0.563. The standard InChI is InChI=1S/C13H20O5/c1-5-17-13(15)12-10(16-4)6-8(2)7-11(12)18-9(3)14/h6,10-12H,5,7H2,1-4H3. The lowest BCUT2D eigenvalue weighted by Gasteiger charge is -2.33. The molecule has 0 heterocycles. The average molecular weight is 256 g/mol. The van der Waals surface area contributed by atoms with Crippen molar-refractivity contribution in [2.24, 2.45) is 5.92 Å². The van der Waals surface area contributed by atoms with Gasteiger partial charge in [-0.3, -0.25) is 9.59 Å². The van der Waals surface area contributed by atoms with E-state index in [1.165, 1.54) is 14.0 Å². The Morgan fingerprint density at radius 3 is 2.61 bits per heavy atom. The van der Waals surface area contributed by atoms with Crippen LogP contribution in [0.2, 0.25) is 0 Å². The first-order valence-electron chi connectivity index (χ1n) is 6.03. The number of ether oxygens (including phenoxy) is 3. The second kappa shape index (κ2) is 6.54. The van der Waals surface area contributed by atoms with Crippen LogP contribution in [0.25, 0.3) is 0 Å². The fraction of sp³-hybridized carbons (Fsp3) is 0.692. The third-order valence-electron chi connectivity index (χ3n) is 2.87. The Balaban J connectivity index is 2.94. The molecule has 1 rings (SSSR count). The van der Waals surface area contributed by atoms with Crippen LogP contribution in [0.1, 0.15) is 27.2 Å². The molecular weight excluding hydrogens is 236 g/mol. The molecule has 0 N–H and O–H groups in total. The number of hydrogen-bond acceptors (Lipinski definition) is 5. The molecule has 0 aromatic carbocycles. The minimum absolute atomic E-state index is 0.293. The fourth-order valence-electron chi connectivity index (χ4n) is 2.18. The van der Waals surface area contributed by atoms with Gasteiger partial charge in [-0.2, -0.15) is 0 Å². The summed E-state index contributed by atoms with van der Waals surface area (Å²) < 4.78 is 15.5. The smallest absolute Gasteiger partial charge is 0.315 e. The Kier molecular flexibility index (Phi) is 5.34. The first kappa shape index (κ1) is 14.7. The Bertz CT molecular complexity index is 347. The maximum Gasteiger partial charge on any atom is 0.315 e. The monoisotopic (exact) mass is 256 g/mol. The first-order valence-corrected chi connectivity index (χ1v) is 6.03. The number of carbonyl (C=O) groups excluding carboxylic acids is 2. The summed E-state index contributed by atoms with van der Waals surface area (Å²) in [5, 5.41) is 0. The molecule has 1 aliphatic carbocycles. The van der Waals surface area contributed by atoms with E-state index in [1.54, 1.807) is 6.92 Å². The van der Waals surface area contributed by atoms with E-state index in [2.05, 4.69) is 0 Å². The Morgan fingerprint density at radius 2 is 2.11 bits per heavy atom. The zero-order chi connectivity index (χ0) is 13.7. The minimum Gasteiger partial charge on any atom is -0.466 e. The van der Waals surface area contributed by atoms with Crippen LogP contribution >= 0.6 is 0 Å². The molecule has 3 unspecified atom stereocenters. The maximum atomic E-state index is 11.9. The highest BCUT2D eigenvalue weighted by Crippen LogP contribution is 2.29. The van der Waals surface area contributed by atoms with Gasteiger partial charge in [-0.1, -0.05) is 11.6 Å². The lowest BCUT2D eigenvalue weighted by Crippen LogP contribution is -2.44. The third-order valence-corrected chi connectivity index (χ3v) is 2.87. The van der Waals surface area contributed by atoms with Crippen LogP contribution in [0.15, 0.2) is 11.6 Å². The second-order valence-electron chi connectivity index (χ2n) is 4.34. The van der Waals surface area contributed by atoms with Gasteiger partial charge < -0.3 is 14.2 Å². The van der Waals surface area contributed by atoms with Crippen molar-refractivity contribution >= 4 is 11.9 Å². The highest BCUT2D eigenvalue weighted by molar-refractivity contribution is 5.75. The van der Waals surface area contributed by atoms with Crippen LogP contribution in [0.4, 0.5) is 0 Å². The molecule has 5 heteroatoms. The Morgan fingerprint density at radius 1 is 1.44 bits per heavy atom. The van der Waals surface area contributed by atoms with Crippen molar-refractivity contribution in [3.63, 3.8) is 0 Å². The number of hydrogen-bond donors (Lipinski definition) is 0. The molecule has 102 valence electrons. The van der Waals surface area contributed by atoms with Gasteiger partial charge in [0, 0.05) is 20.5 Å². The van der Waals surface area contributed by atoms with Crippen LogP contribution in [0.5, 0.6) is 0 Å². The van der Waals surface area contributed by atoms with Crippen molar-refractivity contribution in [2.75, 3.05) is 13.7 Å². The molecule has 0 saturated carbocycles. The lowest BCUT2D eigenvalue weighted by molar-refractivity contribution is -0.166. The van der Waals surface area contributed by atoms with Gasteiger partial charge in [0.05, 0.1) is 12.7 Å². The normalized spacial score (nSPS) is 27.3. The summed E-state index contributed by atoms with van der Waals surface area (Å²) in [7, 11) is 1.52. The summed E-state index contributed by atoms with van der Waals surface area (Å²) in [5.74, 6) is -1.39. The highest BCUT2D eigenvalue weighted by Gasteiger charge is 2.41. The highest BCUT2D eigenvalue weighted by atomic mass is 16.6. The molecule has 0 bridgehead atoms. The molecule has 18 heavy (non-hydrogen) atoms. The molecule has 0 aliphatic heterocycles. The van der Waals surface area contributed by atoms with E-state index < -0.39 is 24.1 Å². The summed E-state index contributed by atoms with van der Waals surface area (Å²) in [5.41, 5.74) is 1.04. The Labute approximate surface area is 107 Å². The van der Waals surface area contributed by atoms with E-state index in [0.29, 0.717) is 13.0 Å². The van der Waals surface area contributed by atoms with Crippen molar-refractivity contribution < 1.29 is 23.8 Å². The van der Waals surface area contributed by atoms with E-state index in [4.69, 9.17) is 14.2 Å². The predicted octanol–water partition coefficient (Wildman–Crippen LogP) is 1.46. The topological polar surface area (TPSA) is 61.8 Å². The summed E-state index contributed by atoms with van der Waals surface area (Å²) in [6.07, 6.45) is 1.48. The van der Waals surface area contributed by atoms with Crippen molar-refractivity contribution in [3.8, 4) is 0 Å². The number of methoxy groups -OCH3 is 1. The molecule has 0 radical (unpaired) electrons. The molecule has 0 amide bonds. The largest absolute Gasteiger partial charge is 0.466 e. The molecule has 5 nitrogen and oxygen atoms in total. The average Bonchev–Trinajstić information content (AvgIpc) is 2.27. The van der Waals surface area contributed by atoms with E-state index in [-0.39, 0.29) is 5.97 Å². The van der Waals surface area contributed by atoms with Crippen LogP contribution in [-0.4, -0.2) is 37.9 Å². The first-order chi connectivity index (χ1) is 8.49. The van der Waals surface area contributed by atoms with Crippen LogP contribution in [0, 0.1) is 5.92 Å². The summed E-state index contributed by atoms with van der Waals surface area (Å²) in [6, 6.07) is 0. The van der Waals surface area contributed by atoms with Gasteiger partial charge in [0.25, 0.3) is 0 Å². The molecule has 0 spiro atoms. The van der Waals surface area contributed by atoms with Crippen molar-refractivity contribution in [2.45, 2.75) is 39.4 Å².